The van der Waals surface area contributed by atoms with Crippen molar-refractivity contribution >= 4 is 17.6 Å². The zero-order valence-electron chi connectivity index (χ0n) is 14.1. The molecule has 0 aliphatic carbocycles. The number of piperazine rings is 1. The van der Waals surface area contributed by atoms with Gasteiger partial charge in [0.1, 0.15) is 6.42 Å². The monoisotopic (exact) mass is 338 g/mol. The number of rotatable bonds is 5. The molecule has 2 aromatic carbocycles. The van der Waals surface area contributed by atoms with Crippen LogP contribution < -0.4 is 4.90 Å². The van der Waals surface area contributed by atoms with Gasteiger partial charge in [0, 0.05) is 31.9 Å². The highest BCUT2D eigenvalue weighted by Gasteiger charge is 2.22. The molecule has 0 saturated carbocycles. The van der Waals surface area contributed by atoms with E-state index in [1.54, 1.807) is 4.90 Å². The minimum absolute atomic E-state index is 0.301. The third-order valence-corrected chi connectivity index (χ3v) is 4.49. The van der Waals surface area contributed by atoms with Crippen molar-refractivity contribution in [3.63, 3.8) is 0 Å². The number of aliphatic carboxylic acids is 1. The summed E-state index contributed by atoms with van der Waals surface area (Å²) in [5.41, 5.74) is 3.70. The normalized spacial score (nSPS) is 14.4. The topological polar surface area (TPSA) is 60.9 Å². The van der Waals surface area contributed by atoms with Crippen molar-refractivity contribution in [2.24, 2.45) is 0 Å². The molecule has 3 rings (SSSR count). The fourth-order valence-electron chi connectivity index (χ4n) is 3.11. The van der Waals surface area contributed by atoms with Crippen molar-refractivity contribution in [2.75, 3.05) is 31.1 Å². The summed E-state index contributed by atoms with van der Waals surface area (Å²) in [4.78, 5) is 26.3. The maximum atomic E-state index is 11.8. The fourth-order valence-corrected chi connectivity index (χ4v) is 3.11. The van der Waals surface area contributed by atoms with Crippen LogP contribution in [0.4, 0.5) is 5.69 Å². The molecule has 1 saturated heterocycles. The molecule has 0 radical (unpaired) electrons. The van der Waals surface area contributed by atoms with Crippen LogP contribution in [0.25, 0.3) is 0 Å². The molecule has 5 nitrogen and oxygen atoms in total. The smallest absolute Gasteiger partial charge is 0.312 e. The third-order valence-electron chi connectivity index (χ3n) is 4.49. The van der Waals surface area contributed by atoms with Crippen LogP contribution in [-0.4, -0.2) is 48.1 Å². The molecule has 2 aromatic rings. The highest BCUT2D eigenvalue weighted by Crippen LogP contribution is 2.19. The second kappa shape index (κ2) is 7.83. The number of carbonyl (C=O) groups is 2. The summed E-state index contributed by atoms with van der Waals surface area (Å²) in [6.07, 6.45) is 0.493. The Hall–Kier alpha value is -2.82. The lowest BCUT2D eigenvalue weighted by Gasteiger charge is -2.36. The van der Waals surface area contributed by atoms with E-state index < -0.39 is 12.4 Å². The number of amides is 1. The highest BCUT2D eigenvalue weighted by molar-refractivity contribution is 5.93. The van der Waals surface area contributed by atoms with Crippen LogP contribution in [0.3, 0.4) is 0 Å². The van der Waals surface area contributed by atoms with Gasteiger partial charge in [0.05, 0.1) is 0 Å². The van der Waals surface area contributed by atoms with E-state index >= 15 is 0 Å². The van der Waals surface area contributed by atoms with Gasteiger partial charge in [-0.05, 0) is 29.7 Å². The maximum absolute atomic E-state index is 11.8. The average Bonchev–Trinajstić information content (AvgIpc) is 2.63. The first-order valence-electron chi connectivity index (χ1n) is 8.49. The third kappa shape index (κ3) is 4.59. The number of hydrogen-bond acceptors (Lipinski definition) is 3. The number of benzene rings is 2. The van der Waals surface area contributed by atoms with Gasteiger partial charge in [-0.25, -0.2) is 0 Å². The van der Waals surface area contributed by atoms with Gasteiger partial charge in [-0.3, -0.25) is 9.59 Å². The predicted octanol–water partition coefficient (Wildman–Crippen LogP) is 2.40. The van der Waals surface area contributed by atoms with Gasteiger partial charge < -0.3 is 14.9 Å². The first-order chi connectivity index (χ1) is 12.1. The average molecular weight is 338 g/mol. The van der Waals surface area contributed by atoms with Crippen molar-refractivity contribution in [3.8, 4) is 0 Å². The highest BCUT2D eigenvalue weighted by atomic mass is 16.4. The summed E-state index contributed by atoms with van der Waals surface area (Å²) < 4.78 is 0. The Bertz CT molecular complexity index is 720. The SMILES string of the molecule is O=C(O)CC(=O)N1CCN(c2ccc(Cc3ccccc3)cc2)CC1. The summed E-state index contributed by atoms with van der Waals surface area (Å²) >= 11 is 0. The second-order valence-electron chi connectivity index (χ2n) is 6.27. The molecule has 0 unspecified atom stereocenters. The fraction of sp³-hybridized carbons (Fsp3) is 0.300. The van der Waals surface area contributed by atoms with E-state index in [-0.39, 0.29) is 5.91 Å². The molecular formula is C20H22N2O3. The van der Waals surface area contributed by atoms with Gasteiger partial charge in [0.15, 0.2) is 0 Å². The summed E-state index contributed by atoms with van der Waals surface area (Å²) in [7, 11) is 0. The van der Waals surface area contributed by atoms with Crippen molar-refractivity contribution in [1.82, 2.24) is 4.90 Å². The van der Waals surface area contributed by atoms with Crippen LogP contribution in [-0.2, 0) is 16.0 Å². The minimum Gasteiger partial charge on any atom is -0.481 e. The number of hydrogen-bond donors (Lipinski definition) is 1. The van der Waals surface area contributed by atoms with Crippen molar-refractivity contribution < 1.29 is 14.7 Å². The summed E-state index contributed by atoms with van der Waals surface area (Å²) in [6, 6.07) is 18.9. The van der Waals surface area contributed by atoms with Crippen LogP contribution >= 0.6 is 0 Å². The summed E-state index contributed by atoms with van der Waals surface area (Å²) in [5, 5.41) is 8.72. The molecule has 0 aromatic heterocycles. The van der Waals surface area contributed by atoms with Crippen LogP contribution in [0.1, 0.15) is 17.5 Å². The quantitative estimate of drug-likeness (QED) is 0.851. The van der Waals surface area contributed by atoms with Gasteiger partial charge in [-0.1, -0.05) is 42.5 Å². The Labute approximate surface area is 147 Å². The molecule has 0 spiro atoms. The van der Waals surface area contributed by atoms with Gasteiger partial charge >= 0.3 is 5.97 Å². The number of nitrogens with zero attached hydrogens (tertiary/aromatic N) is 2. The van der Waals surface area contributed by atoms with Crippen LogP contribution in [0.15, 0.2) is 54.6 Å². The Kier molecular flexibility index (Phi) is 5.33. The van der Waals surface area contributed by atoms with E-state index in [1.807, 2.05) is 6.07 Å². The standard InChI is InChI=1S/C20H22N2O3/c23-19(15-20(24)25)22-12-10-21(11-13-22)18-8-6-17(7-9-18)14-16-4-2-1-3-5-16/h1-9H,10-15H2,(H,24,25). The zero-order chi connectivity index (χ0) is 17.6. The molecule has 1 fully saturated rings. The molecule has 0 atom stereocenters. The number of carboxylic acid groups (broad SMARTS) is 1. The Morgan fingerprint density at radius 1 is 0.840 bits per heavy atom. The molecule has 1 aliphatic rings. The molecule has 1 aliphatic heterocycles. The summed E-state index contributed by atoms with van der Waals surface area (Å²) in [5.74, 6) is -1.37. The molecule has 1 N–H and O–H groups in total. The van der Waals surface area contributed by atoms with E-state index in [0.717, 1.165) is 25.2 Å². The number of carbonyl (C=O) groups excluding carboxylic acids is 1. The van der Waals surface area contributed by atoms with Gasteiger partial charge in [0.2, 0.25) is 5.91 Å². The molecule has 130 valence electrons. The van der Waals surface area contributed by atoms with Crippen molar-refractivity contribution in [2.45, 2.75) is 12.8 Å². The van der Waals surface area contributed by atoms with Crippen molar-refractivity contribution in [1.29, 1.82) is 0 Å². The number of carboxylic acids is 1. The zero-order valence-corrected chi connectivity index (χ0v) is 14.1. The molecule has 25 heavy (non-hydrogen) atoms. The molecule has 0 bridgehead atoms. The predicted molar refractivity (Wildman–Crippen MR) is 96.7 cm³/mol. The van der Waals surface area contributed by atoms with Crippen molar-refractivity contribution in [3.05, 3.63) is 65.7 Å². The number of anilines is 1. The molecular weight excluding hydrogens is 316 g/mol. The van der Waals surface area contributed by atoms with Gasteiger partial charge in [-0.2, -0.15) is 0 Å². The van der Waals surface area contributed by atoms with Gasteiger partial charge in [0.25, 0.3) is 0 Å². The van der Waals surface area contributed by atoms with Gasteiger partial charge in [-0.15, -0.1) is 0 Å². The maximum Gasteiger partial charge on any atom is 0.312 e. The lowest BCUT2D eigenvalue weighted by Crippen LogP contribution is -2.49. The summed E-state index contributed by atoms with van der Waals surface area (Å²) in [6.45, 7) is 2.59. The van der Waals surface area contributed by atoms with E-state index in [0.29, 0.717) is 13.1 Å². The largest absolute Gasteiger partial charge is 0.481 e. The lowest BCUT2D eigenvalue weighted by atomic mass is 10.0. The van der Waals surface area contributed by atoms with E-state index in [2.05, 4.69) is 53.4 Å². The molecule has 1 heterocycles. The Morgan fingerprint density at radius 2 is 1.44 bits per heavy atom. The first-order valence-corrected chi connectivity index (χ1v) is 8.49. The van der Waals surface area contributed by atoms with Crippen LogP contribution in [0, 0.1) is 0 Å². The van der Waals surface area contributed by atoms with E-state index in [4.69, 9.17) is 5.11 Å². The van der Waals surface area contributed by atoms with Crippen LogP contribution in [0.2, 0.25) is 0 Å². The second-order valence-corrected chi connectivity index (χ2v) is 6.27. The van der Waals surface area contributed by atoms with E-state index in [1.165, 1.54) is 11.1 Å². The minimum atomic E-state index is -1.07. The Morgan fingerprint density at radius 3 is 2.04 bits per heavy atom. The molecule has 5 heteroatoms. The van der Waals surface area contributed by atoms with Crippen LogP contribution in [0.5, 0.6) is 0 Å². The first kappa shape index (κ1) is 17.0. The Balaban J connectivity index is 1.55. The van der Waals surface area contributed by atoms with E-state index in [9.17, 15) is 9.59 Å². The molecule has 1 amide bonds. The lowest BCUT2D eigenvalue weighted by molar-refractivity contribution is -0.144.